The Kier molecular flexibility index (Phi) is 7.94. The third kappa shape index (κ3) is 5.52. The fourth-order valence-corrected chi connectivity index (χ4v) is 4.91. The molecule has 0 fully saturated rings. The summed E-state index contributed by atoms with van der Waals surface area (Å²) in [6.45, 7) is 7.56. The molecule has 0 aliphatic carbocycles. The van der Waals surface area contributed by atoms with Crippen LogP contribution < -0.4 is 10.2 Å². The number of amides is 2. The van der Waals surface area contributed by atoms with Crippen molar-refractivity contribution in [3.63, 3.8) is 0 Å². The van der Waals surface area contributed by atoms with Crippen LogP contribution in [-0.4, -0.2) is 34.4 Å². The number of hydrogen-bond acceptors (Lipinski definition) is 8. The molecule has 190 valence electrons. The van der Waals surface area contributed by atoms with Gasteiger partial charge in [0.15, 0.2) is 5.16 Å². The summed E-state index contributed by atoms with van der Waals surface area (Å²) in [5.74, 6) is -1.83. The van der Waals surface area contributed by atoms with Crippen LogP contribution >= 0.6 is 23.4 Å². The number of carbonyl (C=O) groups excluding carboxylic acids is 3. The van der Waals surface area contributed by atoms with E-state index in [0.29, 0.717) is 27.9 Å². The van der Waals surface area contributed by atoms with Crippen LogP contribution in [0.4, 0.5) is 11.4 Å². The van der Waals surface area contributed by atoms with Gasteiger partial charge >= 0.3 is 5.97 Å². The Labute approximate surface area is 224 Å². The predicted octanol–water partition coefficient (Wildman–Crippen LogP) is 5.61. The second-order valence-corrected chi connectivity index (χ2v) is 9.76. The molecule has 37 heavy (non-hydrogen) atoms. The van der Waals surface area contributed by atoms with Crippen LogP contribution in [0.25, 0.3) is 0 Å². The third-order valence-electron chi connectivity index (χ3n) is 5.53. The molecule has 0 radical (unpaired) electrons. The number of rotatable bonds is 8. The molecular formula is C27H25ClN4O4S. The van der Waals surface area contributed by atoms with Gasteiger partial charge in [-0.2, -0.15) is 0 Å². The first-order valence-electron chi connectivity index (χ1n) is 11.6. The molecule has 2 aromatic carbocycles. The Hall–Kier alpha value is -3.69. The molecule has 2 amide bonds. The second-order valence-electron chi connectivity index (χ2n) is 8.38. The number of thioether (sulfide) groups is 1. The number of aryl methyl sites for hydroxylation is 2. The lowest BCUT2D eigenvalue weighted by atomic mass is 10.1. The zero-order valence-corrected chi connectivity index (χ0v) is 22.4. The van der Waals surface area contributed by atoms with E-state index in [0.717, 1.165) is 28.0 Å². The predicted molar refractivity (Wildman–Crippen MR) is 144 cm³/mol. The van der Waals surface area contributed by atoms with Crippen molar-refractivity contribution in [3.8, 4) is 0 Å². The van der Waals surface area contributed by atoms with Crippen molar-refractivity contribution in [2.45, 2.75) is 39.3 Å². The highest BCUT2D eigenvalue weighted by atomic mass is 35.5. The van der Waals surface area contributed by atoms with Crippen LogP contribution in [0.1, 0.15) is 40.7 Å². The highest BCUT2D eigenvalue weighted by Gasteiger charge is 2.42. The number of hydrogen-bond donors (Lipinski definition) is 1. The Morgan fingerprint density at radius 2 is 1.73 bits per heavy atom. The quantitative estimate of drug-likeness (QED) is 0.225. The minimum absolute atomic E-state index is 0.0415. The molecule has 8 nitrogen and oxygen atoms in total. The van der Waals surface area contributed by atoms with Crippen molar-refractivity contribution >= 4 is 52.5 Å². The molecule has 0 atom stereocenters. The summed E-state index contributed by atoms with van der Waals surface area (Å²) in [5.41, 5.74) is 3.04. The van der Waals surface area contributed by atoms with Crippen LogP contribution in [-0.2, 0) is 14.3 Å². The van der Waals surface area contributed by atoms with Gasteiger partial charge in [0.1, 0.15) is 10.6 Å². The van der Waals surface area contributed by atoms with Crippen molar-refractivity contribution in [3.05, 3.63) is 86.7 Å². The summed E-state index contributed by atoms with van der Waals surface area (Å²) >= 11 is 7.28. The van der Waals surface area contributed by atoms with Crippen LogP contribution in [0.15, 0.2) is 64.3 Å². The van der Waals surface area contributed by atoms with Crippen LogP contribution in [0.2, 0.25) is 5.02 Å². The molecule has 1 N–H and O–H groups in total. The summed E-state index contributed by atoms with van der Waals surface area (Å²) in [5, 5.41) is 3.94. The fraction of sp³-hybridized carbons (Fsp3) is 0.222. The van der Waals surface area contributed by atoms with E-state index in [1.807, 2.05) is 33.8 Å². The largest absolute Gasteiger partial charge is 0.462 e. The van der Waals surface area contributed by atoms with Gasteiger partial charge in [-0.15, -0.1) is 0 Å². The number of benzene rings is 2. The average molecular weight is 537 g/mol. The molecule has 1 aliphatic heterocycles. The molecule has 0 unspecified atom stereocenters. The van der Waals surface area contributed by atoms with Gasteiger partial charge in [0.05, 0.1) is 17.9 Å². The minimum Gasteiger partial charge on any atom is -0.462 e. The first kappa shape index (κ1) is 26.4. The number of esters is 1. The van der Waals surface area contributed by atoms with E-state index in [-0.39, 0.29) is 28.5 Å². The maximum Gasteiger partial charge on any atom is 0.340 e. The summed E-state index contributed by atoms with van der Waals surface area (Å²) in [7, 11) is 0. The Balaban J connectivity index is 1.80. The monoisotopic (exact) mass is 536 g/mol. The molecule has 10 heteroatoms. The second kappa shape index (κ2) is 11.1. The zero-order valence-electron chi connectivity index (χ0n) is 20.8. The Morgan fingerprint density at radius 1 is 1.03 bits per heavy atom. The van der Waals surface area contributed by atoms with E-state index in [1.54, 1.807) is 36.4 Å². The molecular weight excluding hydrogens is 512 g/mol. The van der Waals surface area contributed by atoms with Crippen molar-refractivity contribution in [2.75, 3.05) is 16.8 Å². The summed E-state index contributed by atoms with van der Waals surface area (Å²) in [6.07, 6.45) is 0.640. The number of halogens is 1. The summed E-state index contributed by atoms with van der Waals surface area (Å²) < 4.78 is 5.29. The van der Waals surface area contributed by atoms with Gasteiger partial charge in [-0.1, -0.05) is 36.7 Å². The zero-order chi connectivity index (χ0) is 26.7. The molecule has 2 heterocycles. The van der Waals surface area contributed by atoms with Crippen LogP contribution in [0, 0.1) is 20.8 Å². The van der Waals surface area contributed by atoms with Crippen LogP contribution in [0.3, 0.4) is 0 Å². The van der Waals surface area contributed by atoms with E-state index in [1.165, 1.54) is 6.07 Å². The normalized spacial score (nSPS) is 13.4. The highest BCUT2D eigenvalue weighted by molar-refractivity contribution is 8.04. The molecule has 1 aliphatic rings. The number of imide groups is 1. The standard InChI is InChI=1S/C27H25ClN4O4S/c1-5-13-36-26(35)18-9-6-7-12-21(18)32-24(33)22(31-20-11-8-10-19(28)17(20)4)23(25(32)34)37-27-29-15(2)14-16(3)30-27/h6-12,14,31H,5,13H2,1-4H3. The van der Waals surface area contributed by atoms with Crippen molar-refractivity contribution < 1.29 is 19.1 Å². The van der Waals surface area contributed by atoms with Gasteiger partial charge in [0.2, 0.25) is 0 Å². The summed E-state index contributed by atoms with van der Waals surface area (Å²) in [6, 6.07) is 13.4. The SMILES string of the molecule is CCCOC(=O)c1ccccc1N1C(=O)C(Nc2cccc(Cl)c2C)=C(Sc2nc(C)cc(C)n2)C1=O. The van der Waals surface area contributed by atoms with Crippen molar-refractivity contribution in [1.29, 1.82) is 0 Å². The maximum absolute atomic E-state index is 13.8. The number of carbonyl (C=O) groups is 3. The molecule has 0 spiro atoms. The van der Waals surface area contributed by atoms with Gasteiger partial charge in [-0.3, -0.25) is 9.59 Å². The van der Waals surface area contributed by atoms with Gasteiger partial charge in [-0.25, -0.2) is 19.7 Å². The number of anilines is 2. The van der Waals surface area contributed by atoms with Gasteiger partial charge in [-0.05, 0) is 74.8 Å². The molecule has 0 bridgehead atoms. The van der Waals surface area contributed by atoms with Crippen molar-refractivity contribution in [1.82, 2.24) is 9.97 Å². The minimum atomic E-state index is -0.619. The van der Waals surface area contributed by atoms with Gasteiger partial charge < -0.3 is 10.1 Å². The highest BCUT2D eigenvalue weighted by Crippen LogP contribution is 2.38. The van der Waals surface area contributed by atoms with Crippen molar-refractivity contribution in [2.24, 2.45) is 0 Å². The van der Waals surface area contributed by atoms with Gasteiger partial charge in [0.25, 0.3) is 11.8 Å². The fourth-order valence-electron chi connectivity index (χ4n) is 3.76. The lowest BCUT2D eigenvalue weighted by Gasteiger charge is -2.18. The third-order valence-corrected chi connectivity index (χ3v) is 6.88. The number of aromatic nitrogens is 2. The molecule has 3 aromatic rings. The number of para-hydroxylation sites is 1. The lowest BCUT2D eigenvalue weighted by Crippen LogP contribution is -2.34. The maximum atomic E-state index is 13.8. The molecule has 1 aromatic heterocycles. The van der Waals surface area contributed by atoms with E-state index in [9.17, 15) is 14.4 Å². The molecule has 0 saturated heterocycles. The number of nitrogens with one attached hydrogen (secondary N) is 1. The molecule has 0 saturated carbocycles. The smallest absolute Gasteiger partial charge is 0.340 e. The van der Waals surface area contributed by atoms with Crippen LogP contribution in [0.5, 0.6) is 0 Å². The molecule has 4 rings (SSSR count). The Morgan fingerprint density at radius 3 is 2.43 bits per heavy atom. The van der Waals surface area contributed by atoms with E-state index < -0.39 is 17.8 Å². The Bertz CT molecular complexity index is 1420. The van der Waals surface area contributed by atoms with Gasteiger partial charge in [0, 0.05) is 22.1 Å². The topological polar surface area (TPSA) is 101 Å². The van der Waals surface area contributed by atoms with E-state index in [2.05, 4.69) is 15.3 Å². The lowest BCUT2D eigenvalue weighted by molar-refractivity contribution is -0.120. The van der Waals surface area contributed by atoms with E-state index >= 15 is 0 Å². The summed E-state index contributed by atoms with van der Waals surface area (Å²) in [4.78, 5) is 50.3. The number of ether oxygens (including phenoxy) is 1. The first-order valence-corrected chi connectivity index (χ1v) is 12.8. The first-order chi connectivity index (χ1) is 17.7. The van der Waals surface area contributed by atoms with E-state index in [4.69, 9.17) is 16.3 Å². The average Bonchev–Trinajstić information content (AvgIpc) is 3.08. The number of nitrogens with zero attached hydrogens (tertiary/aromatic N) is 3.